The number of hydrogen-bond donors (Lipinski definition) is 1. The smallest absolute Gasteiger partial charge is 0.330 e. The van der Waals surface area contributed by atoms with Gasteiger partial charge < -0.3 is 9.84 Å². The number of carboxylic acid groups (broad SMARTS) is 1. The zero-order valence-electron chi connectivity index (χ0n) is 9.05. The Morgan fingerprint density at radius 2 is 2.25 bits per heavy atom. The summed E-state index contributed by atoms with van der Waals surface area (Å²) >= 11 is 0. The van der Waals surface area contributed by atoms with Crippen molar-refractivity contribution in [2.24, 2.45) is 23.7 Å². The number of carboxylic acids is 1. The first-order valence-electron chi connectivity index (χ1n) is 5.70. The molecule has 3 fully saturated rings. The molecule has 86 valence electrons. The van der Waals surface area contributed by atoms with Crippen molar-refractivity contribution < 1.29 is 19.4 Å². The van der Waals surface area contributed by atoms with E-state index in [1.54, 1.807) is 13.0 Å². The van der Waals surface area contributed by atoms with Crippen molar-refractivity contribution in [3.05, 3.63) is 11.6 Å². The fraction of sp³-hybridized carbons (Fsp3) is 0.667. The molecule has 2 aliphatic carbocycles. The summed E-state index contributed by atoms with van der Waals surface area (Å²) in [7, 11) is 0. The third-order valence-electron chi connectivity index (χ3n) is 4.33. The highest BCUT2D eigenvalue weighted by Crippen LogP contribution is 2.57. The largest absolute Gasteiger partial charge is 0.478 e. The quantitative estimate of drug-likeness (QED) is 0.563. The highest BCUT2D eigenvalue weighted by Gasteiger charge is 2.60. The predicted molar refractivity (Wildman–Crippen MR) is 54.5 cm³/mol. The number of aliphatic carboxylic acids is 1. The summed E-state index contributed by atoms with van der Waals surface area (Å²) in [5.74, 6) is 0.0692. The topological polar surface area (TPSA) is 63.6 Å². The van der Waals surface area contributed by atoms with Crippen LogP contribution in [0.2, 0.25) is 0 Å². The maximum Gasteiger partial charge on any atom is 0.330 e. The lowest BCUT2D eigenvalue weighted by molar-refractivity contribution is -0.144. The Hall–Kier alpha value is -1.32. The van der Waals surface area contributed by atoms with Gasteiger partial charge in [-0.15, -0.1) is 0 Å². The molecule has 5 atom stereocenters. The minimum Gasteiger partial charge on any atom is -0.478 e. The molecule has 0 aromatic heterocycles. The summed E-state index contributed by atoms with van der Waals surface area (Å²) in [5.41, 5.74) is 0.358. The highest BCUT2D eigenvalue weighted by atomic mass is 16.6. The van der Waals surface area contributed by atoms with E-state index < -0.39 is 5.97 Å². The van der Waals surface area contributed by atoms with E-state index >= 15 is 0 Å². The molecule has 0 aromatic carbocycles. The van der Waals surface area contributed by atoms with Crippen LogP contribution in [0, 0.1) is 23.7 Å². The number of hydrogen-bond acceptors (Lipinski definition) is 3. The minimum absolute atomic E-state index is 0.0504. The summed E-state index contributed by atoms with van der Waals surface area (Å²) in [4.78, 5) is 22.3. The van der Waals surface area contributed by atoms with Gasteiger partial charge in [0.15, 0.2) is 0 Å². The van der Waals surface area contributed by atoms with Gasteiger partial charge in [-0.25, -0.2) is 4.79 Å². The van der Waals surface area contributed by atoms with E-state index in [0.29, 0.717) is 17.4 Å². The van der Waals surface area contributed by atoms with E-state index in [1.807, 2.05) is 0 Å². The fourth-order valence-corrected chi connectivity index (χ4v) is 3.59. The van der Waals surface area contributed by atoms with Crippen molar-refractivity contribution in [3.63, 3.8) is 0 Å². The molecular weight excluding hydrogens is 208 g/mol. The van der Waals surface area contributed by atoms with Crippen LogP contribution in [0.25, 0.3) is 0 Å². The molecular formula is C12H14O4. The first-order chi connectivity index (χ1) is 7.58. The Kier molecular flexibility index (Phi) is 1.91. The fourth-order valence-electron chi connectivity index (χ4n) is 3.59. The summed E-state index contributed by atoms with van der Waals surface area (Å²) in [6.07, 6.45) is 3.64. The lowest BCUT2D eigenvalue weighted by Gasteiger charge is -2.22. The summed E-state index contributed by atoms with van der Waals surface area (Å²) in [6, 6.07) is 0. The molecule has 0 radical (unpaired) electrons. The van der Waals surface area contributed by atoms with Crippen LogP contribution in [-0.4, -0.2) is 23.1 Å². The normalized spacial score (nSPS) is 44.9. The minimum atomic E-state index is -0.886. The molecule has 1 aliphatic heterocycles. The van der Waals surface area contributed by atoms with Crippen molar-refractivity contribution in [3.8, 4) is 0 Å². The maximum atomic E-state index is 11.5. The number of rotatable bonds is 2. The highest BCUT2D eigenvalue weighted by molar-refractivity contribution is 5.86. The standard InChI is InChI=1S/C12H14O4/c1-5(11(13)14)2-7-6-3-8-9(4-6)12(15)16-10(7)8/h2,6-10H,3-4H2,1H3,(H,13,14). The van der Waals surface area contributed by atoms with Crippen LogP contribution in [0.15, 0.2) is 11.6 Å². The Labute approximate surface area is 93.3 Å². The molecule has 16 heavy (non-hydrogen) atoms. The molecule has 2 bridgehead atoms. The van der Waals surface area contributed by atoms with Gasteiger partial charge in [0.2, 0.25) is 0 Å². The lowest BCUT2D eigenvalue weighted by atomic mass is 9.81. The van der Waals surface area contributed by atoms with E-state index in [0.717, 1.165) is 12.8 Å². The number of carbonyl (C=O) groups is 2. The monoisotopic (exact) mass is 222 g/mol. The number of fused-ring (bicyclic) bond motifs is 1. The van der Waals surface area contributed by atoms with Gasteiger partial charge >= 0.3 is 11.9 Å². The van der Waals surface area contributed by atoms with Gasteiger partial charge in [-0.2, -0.15) is 0 Å². The van der Waals surface area contributed by atoms with Crippen molar-refractivity contribution in [2.45, 2.75) is 25.9 Å². The van der Waals surface area contributed by atoms with E-state index in [2.05, 4.69) is 0 Å². The van der Waals surface area contributed by atoms with Gasteiger partial charge in [0.05, 0.1) is 5.92 Å². The SMILES string of the molecule is CC(=CC1C2CC3C(=O)OC1C3C2)C(=O)O. The lowest BCUT2D eigenvalue weighted by Crippen LogP contribution is -2.25. The van der Waals surface area contributed by atoms with Gasteiger partial charge in [-0.1, -0.05) is 6.08 Å². The van der Waals surface area contributed by atoms with Crippen molar-refractivity contribution in [1.82, 2.24) is 0 Å². The van der Waals surface area contributed by atoms with Crippen LogP contribution in [-0.2, 0) is 14.3 Å². The number of esters is 1. The van der Waals surface area contributed by atoms with Crippen LogP contribution >= 0.6 is 0 Å². The molecule has 0 spiro atoms. The first-order valence-corrected chi connectivity index (χ1v) is 5.70. The maximum absolute atomic E-state index is 11.5. The third kappa shape index (κ3) is 1.16. The van der Waals surface area contributed by atoms with Gasteiger partial charge in [0.25, 0.3) is 0 Å². The second-order valence-electron chi connectivity index (χ2n) is 5.14. The average molecular weight is 222 g/mol. The molecule has 3 aliphatic rings. The first kappa shape index (κ1) is 9.87. The summed E-state index contributed by atoms with van der Waals surface area (Å²) in [6.45, 7) is 1.60. The van der Waals surface area contributed by atoms with Crippen LogP contribution in [0.5, 0.6) is 0 Å². The van der Waals surface area contributed by atoms with E-state index in [-0.39, 0.29) is 23.9 Å². The van der Waals surface area contributed by atoms with Crippen molar-refractivity contribution in [2.75, 3.05) is 0 Å². The Bertz CT molecular complexity index is 398. The molecule has 1 saturated heterocycles. The molecule has 4 heteroatoms. The predicted octanol–water partition coefficient (Wildman–Crippen LogP) is 1.21. The number of ether oxygens (including phenoxy) is 1. The molecule has 5 unspecified atom stereocenters. The molecule has 0 aromatic rings. The summed E-state index contributed by atoms with van der Waals surface area (Å²) < 4.78 is 5.36. The van der Waals surface area contributed by atoms with Gasteiger partial charge in [-0.05, 0) is 25.7 Å². The van der Waals surface area contributed by atoms with Crippen LogP contribution in [0.1, 0.15) is 19.8 Å². The number of carbonyl (C=O) groups excluding carboxylic acids is 1. The van der Waals surface area contributed by atoms with Gasteiger partial charge in [0.1, 0.15) is 6.10 Å². The van der Waals surface area contributed by atoms with E-state index in [4.69, 9.17) is 9.84 Å². The molecule has 2 saturated carbocycles. The molecule has 1 heterocycles. The van der Waals surface area contributed by atoms with E-state index in [9.17, 15) is 9.59 Å². The second-order valence-corrected chi connectivity index (χ2v) is 5.14. The molecule has 0 amide bonds. The van der Waals surface area contributed by atoms with Crippen molar-refractivity contribution in [1.29, 1.82) is 0 Å². The third-order valence-corrected chi connectivity index (χ3v) is 4.33. The van der Waals surface area contributed by atoms with Gasteiger partial charge in [0, 0.05) is 17.4 Å². The molecule has 3 rings (SSSR count). The van der Waals surface area contributed by atoms with Crippen LogP contribution < -0.4 is 0 Å². The van der Waals surface area contributed by atoms with Crippen LogP contribution in [0.4, 0.5) is 0 Å². The van der Waals surface area contributed by atoms with Gasteiger partial charge in [-0.3, -0.25) is 4.79 Å². The second kappa shape index (κ2) is 3.09. The summed E-state index contributed by atoms with van der Waals surface area (Å²) in [5, 5.41) is 8.86. The zero-order chi connectivity index (χ0) is 11.4. The van der Waals surface area contributed by atoms with Crippen LogP contribution in [0.3, 0.4) is 0 Å². The van der Waals surface area contributed by atoms with E-state index in [1.165, 1.54) is 0 Å². The molecule has 4 nitrogen and oxygen atoms in total. The average Bonchev–Trinajstić information content (AvgIpc) is 2.81. The Balaban J connectivity index is 1.87. The molecule has 1 N–H and O–H groups in total. The van der Waals surface area contributed by atoms with Crippen molar-refractivity contribution >= 4 is 11.9 Å². The Morgan fingerprint density at radius 3 is 2.94 bits per heavy atom. The Morgan fingerprint density at radius 1 is 1.50 bits per heavy atom. The zero-order valence-corrected chi connectivity index (χ0v) is 9.05.